The minimum atomic E-state index is -1.08. The van der Waals surface area contributed by atoms with Gasteiger partial charge in [-0.15, -0.1) is 0 Å². The Morgan fingerprint density at radius 3 is 2.63 bits per heavy atom. The van der Waals surface area contributed by atoms with Gasteiger partial charge in [0.15, 0.2) is 0 Å². The third-order valence-electron chi connectivity index (χ3n) is 4.71. The number of aromatic amines is 1. The van der Waals surface area contributed by atoms with E-state index in [1.165, 1.54) is 9.47 Å². The molecule has 1 fully saturated rings. The number of fused-ring (bicyclic) bond motifs is 1. The minimum Gasteiger partial charge on any atom is -0.480 e. The maximum Gasteiger partial charge on any atom is 0.328 e. The molecule has 2 aromatic rings. The summed E-state index contributed by atoms with van der Waals surface area (Å²) in [6, 6.07) is 6.45. The lowest BCUT2D eigenvalue weighted by Crippen LogP contribution is -2.46. The Morgan fingerprint density at radius 1 is 1.22 bits per heavy atom. The largest absolute Gasteiger partial charge is 0.480 e. The van der Waals surface area contributed by atoms with Gasteiger partial charge in [-0.3, -0.25) is 23.9 Å². The van der Waals surface area contributed by atoms with Crippen molar-refractivity contribution in [1.82, 2.24) is 14.5 Å². The number of aryl methyl sites for hydroxylation is 1. The third-order valence-corrected chi connectivity index (χ3v) is 4.71. The zero-order valence-corrected chi connectivity index (χ0v) is 14.7. The Balaban J connectivity index is 1.81. The summed E-state index contributed by atoms with van der Waals surface area (Å²) in [5.41, 5.74) is -0.634. The number of aromatic nitrogens is 2. The standard InChI is InChI=1S/C18H21N3O6/c22-15(21(11-16(23)24)12-6-9-27-10-7-12)5-8-20-14-4-2-1-3-13(14)17(25)19-18(20)26/h1-4,12H,5-11H2,(H,23,24)(H,19,25,26). The number of nitrogens with one attached hydrogen (secondary N) is 1. The molecule has 3 rings (SSSR count). The molecule has 2 N–H and O–H groups in total. The number of aliphatic carboxylic acids is 1. The SMILES string of the molecule is O=C(O)CN(C(=O)CCn1c(=O)[nH]c(=O)c2ccccc21)C1CCOCC1. The van der Waals surface area contributed by atoms with Crippen molar-refractivity contribution >= 4 is 22.8 Å². The van der Waals surface area contributed by atoms with E-state index in [9.17, 15) is 19.2 Å². The second-order valence-electron chi connectivity index (χ2n) is 6.44. The van der Waals surface area contributed by atoms with Gasteiger partial charge in [0.05, 0.1) is 10.9 Å². The molecular formula is C18H21N3O6. The van der Waals surface area contributed by atoms with E-state index in [0.717, 1.165) is 0 Å². The molecule has 0 saturated carbocycles. The first-order chi connectivity index (χ1) is 13.0. The molecule has 2 heterocycles. The zero-order valence-electron chi connectivity index (χ0n) is 14.7. The van der Waals surface area contributed by atoms with Crippen LogP contribution in [0.2, 0.25) is 0 Å². The van der Waals surface area contributed by atoms with E-state index in [2.05, 4.69) is 4.98 Å². The molecule has 1 aliphatic rings. The van der Waals surface area contributed by atoms with Crippen molar-refractivity contribution in [2.75, 3.05) is 19.8 Å². The molecule has 0 unspecified atom stereocenters. The second-order valence-corrected chi connectivity index (χ2v) is 6.44. The molecule has 144 valence electrons. The van der Waals surface area contributed by atoms with Crippen LogP contribution in [0.25, 0.3) is 10.9 Å². The van der Waals surface area contributed by atoms with Crippen LogP contribution in [0.15, 0.2) is 33.9 Å². The zero-order chi connectivity index (χ0) is 19.4. The quantitative estimate of drug-likeness (QED) is 0.742. The molecule has 1 aromatic heterocycles. The van der Waals surface area contributed by atoms with Crippen LogP contribution in [-0.2, 0) is 20.9 Å². The van der Waals surface area contributed by atoms with Crippen LogP contribution in [-0.4, -0.2) is 57.2 Å². The summed E-state index contributed by atoms with van der Waals surface area (Å²) in [6.07, 6.45) is 1.13. The fraction of sp³-hybridized carbons (Fsp3) is 0.444. The lowest BCUT2D eigenvalue weighted by atomic mass is 10.1. The molecule has 1 saturated heterocycles. The predicted molar refractivity (Wildman–Crippen MR) is 96.6 cm³/mol. The van der Waals surface area contributed by atoms with Crippen LogP contribution in [0.5, 0.6) is 0 Å². The van der Waals surface area contributed by atoms with Crippen LogP contribution >= 0.6 is 0 Å². The Morgan fingerprint density at radius 2 is 1.93 bits per heavy atom. The van der Waals surface area contributed by atoms with E-state index in [1.54, 1.807) is 24.3 Å². The van der Waals surface area contributed by atoms with E-state index in [0.29, 0.717) is 37.0 Å². The van der Waals surface area contributed by atoms with Crippen molar-refractivity contribution in [2.45, 2.75) is 31.8 Å². The first-order valence-electron chi connectivity index (χ1n) is 8.78. The topological polar surface area (TPSA) is 122 Å². The Kier molecular flexibility index (Phi) is 5.70. The summed E-state index contributed by atoms with van der Waals surface area (Å²) in [5.74, 6) is -1.42. The van der Waals surface area contributed by atoms with E-state index >= 15 is 0 Å². The molecule has 9 heteroatoms. The minimum absolute atomic E-state index is 0.0411. The number of hydrogen-bond acceptors (Lipinski definition) is 5. The van der Waals surface area contributed by atoms with Crippen molar-refractivity contribution in [3.8, 4) is 0 Å². The molecule has 9 nitrogen and oxygen atoms in total. The molecule has 0 aliphatic carbocycles. The monoisotopic (exact) mass is 375 g/mol. The number of ether oxygens (including phenoxy) is 1. The van der Waals surface area contributed by atoms with Gasteiger partial charge in [-0.25, -0.2) is 4.79 Å². The number of rotatable bonds is 6. The average Bonchev–Trinajstić information content (AvgIpc) is 2.66. The van der Waals surface area contributed by atoms with Gasteiger partial charge in [0.25, 0.3) is 5.56 Å². The van der Waals surface area contributed by atoms with Crippen molar-refractivity contribution in [3.05, 3.63) is 45.1 Å². The summed E-state index contributed by atoms with van der Waals surface area (Å²) in [6.45, 7) is 0.634. The molecular weight excluding hydrogens is 354 g/mol. The van der Waals surface area contributed by atoms with Gasteiger partial charge in [-0.1, -0.05) is 12.1 Å². The Hall–Kier alpha value is -2.94. The normalized spacial score (nSPS) is 15.0. The van der Waals surface area contributed by atoms with Crippen LogP contribution in [0.3, 0.4) is 0 Å². The number of hydrogen-bond donors (Lipinski definition) is 2. The van der Waals surface area contributed by atoms with Crippen molar-refractivity contribution in [2.24, 2.45) is 0 Å². The lowest BCUT2D eigenvalue weighted by Gasteiger charge is -2.33. The highest BCUT2D eigenvalue weighted by atomic mass is 16.5. The summed E-state index contributed by atoms with van der Waals surface area (Å²) in [7, 11) is 0. The first-order valence-corrected chi connectivity index (χ1v) is 8.78. The molecule has 1 amide bonds. The third kappa shape index (κ3) is 4.25. The van der Waals surface area contributed by atoms with Gasteiger partial charge >= 0.3 is 11.7 Å². The number of H-pyrrole nitrogens is 1. The summed E-state index contributed by atoms with van der Waals surface area (Å²) in [4.78, 5) is 51.6. The molecule has 0 bridgehead atoms. The summed E-state index contributed by atoms with van der Waals surface area (Å²) < 4.78 is 6.61. The maximum atomic E-state index is 12.7. The van der Waals surface area contributed by atoms with Gasteiger partial charge in [-0.2, -0.15) is 0 Å². The van der Waals surface area contributed by atoms with Gasteiger partial charge < -0.3 is 14.7 Å². The van der Waals surface area contributed by atoms with E-state index in [-0.39, 0.29) is 31.5 Å². The van der Waals surface area contributed by atoms with Crippen LogP contribution in [0, 0.1) is 0 Å². The molecule has 1 aromatic carbocycles. The number of carbonyl (C=O) groups excluding carboxylic acids is 1. The number of carboxylic acids is 1. The lowest BCUT2D eigenvalue weighted by molar-refractivity contribution is -0.147. The molecule has 0 spiro atoms. The Labute approximate surface area is 154 Å². The number of benzene rings is 1. The highest BCUT2D eigenvalue weighted by Gasteiger charge is 2.27. The molecule has 1 aliphatic heterocycles. The molecule has 0 atom stereocenters. The van der Waals surface area contributed by atoms with E-state index < -0.39 is 17.2 Å². The number of para-hydroxylation sites is 1. The Bertz CT molecular complexity index is 957. The van der Waals surface area contributed by atoms with Crippen molar-refractivity contribution in [1.29, 1.82) is 0 Å². The van der Waals surface area contributed by atoms with Crippen molar-refractivity contribution in [3.63, 3.8) is 0 Å². The predicted octanol–water partition coefficient (Wildman–Crippen LogP) is 0.172. The fourth-order valence-electron chi connectivity index (χ4n) is 3.38. The van der Waals surface area contributed by atoms with Gasteiger partial charge in [0.1, 0.15) is 6.54 Å². The summed E-state index contributed by atoms with van der Waals surface area (Å²) >= 11 is 0. The molecule has 27 heavy (non-hydrogen) atoms. The number of nitrogens with zero attached hydrogens (tertiary/aromatic N) is 2. The van der Waals surface area contributed by atoms with Crippen LogP contribution in [0.4, 0.5) is 0 Å². The second kappa shape index (κ2) is 8.17. The smallest absolute Gasteiger partial charge is 0.328 e. The number of amides is 1. The van der Waals surface area contributed by atoms with E-state index in [4.69, 9.17) is 9.84 Å². The number of carboxylic acid groups (broad SMARTS) is 1. The first kappa shape index (κ1) is 18.8. The fourth-order valence-corrected chi connectivity index (χ4v) is 3.38. The van der Waals surface area contributed by atoms with Gasteiger partial charge in [0, 0.05) is 32.2 Å². The van der Waals surface area contributed by atoms with Crippen LogP contribution in [0.1, 0.15) is 19.3 Å². The highest BCUT2D eigenvalue weighted by Crippen LogP contribution is 2.16. The average molecular weight is 375 g/mol. The van der Waals surface area contributed by atoms with Crippen LogP contribution < -0.4 is 11.2 Å². The highest BCUT2D eigenvalue weighted by molar-refractivity contribution is 5.82. The summed E-state index contributed by atoms with van der Waals surface area (Å²) in [5, 5.41) is 9.50. The maximum absolute atomic E-state index is 12.7. The van der Waals surface area contributed by atoms with Gasteiger partial charge in [-0.05, 0) is 25.0 Å². The van der Waals surface area contributed by atoms with Crippen molar-refractivity contribution < 1.29 is 19.4 Å². The number of carbonyl (C=O) groups is 2. The van der Waals surface area contributed by atoms with Gasteiger partial charge in [0.2, 0.25) is 5.91 Å². The molecule has 0 radical (unpaired) electrons. The van der Waals surface area contributed by atoms with E-state index in [1.807, 2.05) is 0 Å².